The van der Waals surface area contributed by atoms with Crippen LogP contribution in [0.25, 0.3) is 22.1 Å². The summed E-state index contributed by atoms with van der Waals surface area (Å²) in [6, 6.07) is 10.7. The number of rotatable bonds is 2. The molecule has 0 atom stereocenters. The highest BCUT2D eigenvalue weighted by Gasteiger charge is 2.18. The maximum Gasteiger partial charge on any atom is 0.200 e. The van der Waals surface area contributed by atoms with Gasteiger partial charge in [0, 0.05) is 6.07 Å². The second-order valence-corrected chi connectivity index (χ2v) is 5.58. The Morgan fingerprint density at radius 3 is 2.58 bits per heavy atom. The Bertz CT molecular complexity index is 987. The highest BCUT2D eigenvalue weighted by molar-refractivity contribution is 5.84. The van der Waals surface area contributed by atoms with Gasteiger partial charge in [-0.3, -0.25) is 4.79 Å². The summed E-state index contributed by atoms with van der Waals surface area (Å²) in [5, 5.41) is 0.520. The fourth-order valence-corrected chi connectivity index (χ4v) is 2.95. The van der Waals surface area contributed by atoms with Crippen molar-refractivity contribution in [2.75, 3.05) is 20.3 Å². The third-order valence-corrected chi connectivity index (χ3v) is 4.11. The van der Waals surface area contributed by atoms with E-state index in [0.717, 1.165) is 5.56 Å². The minimum atomic E-state index is -0.0759. The van der Waals surface area contributed by atoms with Gasteiger partial charge >= 0.3 is 0 Å². The standard InChI is InChI=1S/C19H16O5/c1-11-18(12-3-6-15-17(9-12)23-8-7-22-15)19(20)14-5-4-13(21-2)10-16(14)24-11/h3-6,9-10H,7-8H2,1-2H3. The molecule has 0 saturated heterocycles. The van der Waals surface area contributed by atoms with Gasteiger partial charge < -0.3 is 18.6 Å². The fourth-order valence-electron chi connectivity index (χ4n) is 2.95. The van der Waals surface area contributed by atoms with Crippen LogP contribution in [0.15, 0.2) is 45.6 Å². The van der Waals surface area contributed by atoms with Crippen molar-refractivity contribution in [2.45, 2.75) is 6.92 Å². The predicted octanol–water partition coefficient (Wildman–Crippen LogP) is 3.55. The van der Waals surface area contributed by atoms with Crippen LogP contribution in [0.2, 0.25) is 0 Å². The first-order valence-electron chi connectivity index (χ1n) is 7.69. The van der Waals surface area contributed by atoms with Crippen LogP contribution in [-0.2, 0) is 0 Å². The Kier molecular flexibility index (Phi) is 3.41. The molecule has 0 aliphatic carbocycles. The molecule has 1 aliphatic rings. The lowest BCUT2D eigenvalue weighted by Crippen LogP contribution is -2.15. The van der Waals surface area contributed by atoms with Crippen LogP contribution in [-0.4, -0.2) is 20.3 Å². The van der Waals surface area contributed by atoms with E-state index in [1.165, 1.54) is 0 Å². The molecule has 122 valence electrons. The molecule has 0 radical (unpaired) electrons. The summed E-state index contributed by atoms with van der Waals surface area (Å²) in [4.78, 5) is 12.9. The van der Waals surface area contributed by atoms with E-state index >= 15 is 0 Å². The summed E-state index contributed by atoms with van der Waals surface area (Å²) in [6.45, 7) is 2.82. The van der Waals surface area contributed by atoms with Gasteiger partial charge in [0.2, 0.25) is 5.43 Å². The molecule has 0 spiro atoms. The smallest absolute Gasteiger partial charge is 0.200 e. The molecule has 0 fully saturated rings. The molecular formula is C19H16O5. The first-order valence-corrected chi connectivity index (χ1v) is 7.69. The summed E-state index contributed by atoms with van der Waals surface area (Å²) in [5.74, 6) is 2.54. The van der Waals surface area contributed by atoms with Crippen LogP contribution in [0.5, 0.6) is 17.2 Å². The molecule has 0 saturated carbocycles. The summed E-state index contributed by atoms with van der Waals surface area (Å²) in [7, 11) is 1.58. The van der Waals surface area contributed by atoms with Gasteiger partial charge in [0.1, 0.15) is 30.3 Å². The van der Waals surface area contributed by atoms with E-state index in [-0.39, 0.29) is 5.43 Å². The Labute approximate surface area is 138 Å². The average molecular weight is 324 g/mol. The van der Waals surface area contributed by atoms with E-state index in [9.17, 15) is 4.79 Å². The molecule has 2 aromatic carbocycles. The summed E-state index contributed by atoms with van der Waals surface area (Å²) in [6.07, 6.45) is 0. The molecule has 0 amide bonds. The Morgan fingerprint density at radius 2 is 1.79 bits per heavy atom. The zero-order chi connectivity index (χ0) is 16.7. The van der Waals surface area contributed by atoms with Crippen LogP contribution in [0.4, 0.5) is 0 Å². The molecular weight excluding hydrogens is 308 g/mol. The third kappa shape index (κ3) is 2.29. The average Bonchev–Trinajstić information content (AvgIpc) is 2.61. The highest BCUT2D eigenvalue weighted by Crippen LogP contribution is 2.35. The lowest BCUT2D eigenvalue weighted by Gasteiger charge is -2.19. The topological polar surface area (TPSA) is 57.9 Å². The Morgan fingerprint density at radius 1 is 1.00 bits per heavy atom. The molecule has 0 bridgehead atoms. The summed E-state index contributed by atoms with van der Waals surface area (Å²) >= 11 is 0. The first kappa shape index (κ1) is 14.6. The van der Waals surface area contributed by atoms with Gasteiger partial charge in [-0.15, -0.1) is 0 Å². The SMILES string of the molecule is COc1ccc2c(=O)c(-c3ccc4c(c3)OCCO4)c(C)oc2c1. The van der Waals surface area contributed by atoms with Crippen molar-refractivity contribution in [3.63, 3.8) is 0 Å². The second-order valence-electron chi connectivity index (χ2n) is 5.58. The molecule has 24 heavy (non-hydrogen) atoms. The molecule has 1 aromatic heterocycles. The summed E-state index contributed by atoms with van der Waals surface area (Å²) in [5.41, 5.74) is 1.72. The zero-order valence-corrected chi connectivity index (χ0v) is 13.4. The van der Waals surface area contributed by atoms with E-state index in [4.69, 9.17) is 18.6 Å². The maximum atomic E-state index is 12.9. The van der Waals surface area contributed by atoms with E-state index in [1.54, 1.807) is 32.2 Å². The molecule has 1 aliphatic heterocycles. The minimum absolute atomic E-state index is 0.0759. The number of ether oxygens (including phenoxy) is 3. The van der Waals surface area contributed by atoms with Gasteiger partial charge in [0.15, 0.2) is 11.5 Å². The van der Waals surface area contributed by atoms with Gasteiger partial charge in [-0.25, -0.2) is 0 Å². The third-order valence-electron chi connectivity index (χ3n) is 4.11. The van der Waals surface area contributed by atoms with E-state index in [0.29, 0.717) is 52.8 Å². The van der Waals surface area contributed by atoms with Gasteiger partial charge in [-0.2, -0.15) is 0 Å². The molecule has 5 nitrogen and oxygen atoms in total. The largest absolute Gasteiger partial charge is 0.497 e. The van der Waals surface area contributed by atoms with Crippen molar-refractivity contribution >= 4 is 11.0 Å². The number of aryl methyl sites for hydroxylation is 1. The molecule has 5 heteroatoms. The molecule has 0 unspecified atom stereocenters. The minimum Gasteiger partial charge on any atom is -0.497 e. The van der Waals surface area contributed by atoms with Gasteiger partial charge in [0.05, 0.1) is 18.1 Å². The van der Waals surface area contributed by atoms with Crippen molar-refractivity contribution in [1.82, 2.24) is 0 Å². The van der Waals surface area contributed by atoms with Gasteiger partial charge in [0.25, 0.3) is 0 Å². The zero-order valence-electron chi connectivity index (χ0n) is 13.4. The maximum absolute atomic E-state index is 12.9. The Balaban J connectivity index is 1.92. The molecule has 4 rings (SSSR count). The fraction of sp³-hybridized carbons (Fsp3) is 0.211. The van der Waals surface area contributed by atoms with Crippen molar-refractivity contribution < 1.29 is 18.6 Å². The van der Waals surface area contributed by atoms with Gasteiger partial charge in [-0.05, 0) is 36.8 Å². The number of benzene rings is 2. The monoisotopic (exact) mass is 324 g/mol. The number of hydrogen-bond acceptors (Lipinski definition) is 5. The highest BCUT2D eigenvalue weighted by atomic mass is 16.6. The number of methoxy groups -OCH3 is 1. The number of hydrogen-bond donors (Lipinski definition) is 0. The summed E-state index contributed by atoms with van der Waals surface area (Å²) < 4.78 is 22.2. The van der Waals surface area contributed by atoms with Crippen LogP contribution >= 0.6 is 0 Å². The number of fused-ring (bicyclic) bond motifs is 2. The Hall–Kier alpha value is -2.95. The first-order chi connectivity index (χ1) is 11.7. The predicted molar refractivity (Wildman–Crippen MR) is 90.2 cm³/mol. The van der Waals surface area contributed by atoms with Crippen molar-refractivity contribution in [3.05, 3.63) is 52.4 Å². The quantitative estimate of drug-likeness (QED) is 0.721. The van der Waals surface area contributed by atoms with Crippen molar-refractivity contribution in [2.24, 2.45) is 0 Å². The lowest BCUT2D eigenvalue weighted by atomic mass is 10.0. The van der Waals surface area contributed by atoms with E-state index in [2.05, 4.69) is 0 Å². The van der Waals surface area contributed by atoms with Crippen LogP contribution in [0, 0.1) is 6.92 Å². The molecule has 3 aromatic rings. The second kappa shape index (κ2) is 5.60. The van der Waals surface area contributed by atoms with Crippen LogP contribution < -0.4 is 19.6 Å². The van der Waals surface area contributed by atoms with Gasteiger partial charge in [-0.1, -0.05) is 6.07 Å². The van der Waals surface area contributed by atoms with Crippen molar-refractivity contribution in [3.8, 4) is 28.4 Å². The van der Waals surface area contributed by atoms with Crippen molar-refractivity contribution in [1.29, 1.82) is 0 Å². The normalized spacial score (nSPS) is 13.1. The van der Waals surface area contributed by atoms with Crippen LogP contribution in [0.3, 0.4) is 0 Å². The van der Waals surface area contributed by atoms with E-state index in [1.807, 2.05) is 18.2 Å². The lowest BCUT2D eigenvalue weighted by molar-refractivity contribution is 0.171. The molecule has 0 N–H and O–H groups in total. The molecule has 2 heterocycles. The van der Waals surface area contributed by atoms with Crippen LogP contribution in [0.1, 0.15) is 5.76 Å². The van der Waals surface area contributed by atoms with E-state index < -0.39 is 0 Å².